The van der Waals surface area contributed by atoms with Crippen LogP contribution in [0.25, 0.3) is 0 Å². The Kier molecular flexibility index (Phi) is 4.32. The van der Waals surface area contributed by atoms with Gasteiger partial charge in [-0.15, -0.1) is 0 Å². The van der Waals surface area contributed by atoms with Crippen LogP contribution >= 0.6 is 0 Å². The van der Waals surface area contributed by atoms with Crippen molar-refractivity contribution in [1.82, 2.24) is 9.78 Å². The number of ether oxygens (including phenoxy) is 1. The van der Waals surface area contributed by atoms with Crippen LogP contribution in [0.15, 0.2) is 24.3 Å². The van der Waals surface area contributed by atoms with E-state index in [4.69, 9.17) is 10.5 Å². The molecule has 20 heavy (non-hydrogen) atoms. The molecule has 108 valence electrons. The fraction of sp³-hybridized carbons (Fsp3) is 0.438. The highest BCUT2D eigenvalue weighted by atomic mass is 16.5. The van der Waals surface area contributed by atoms with E-state index in [1.54, 1.807) is 4.68 Å². The lowest BCUT2D eigenvalue weighted by molar-refractivity contribution is 0.431. The van der Waals surface area contributed by atoms with E-state index in [1.807, 2.05) is 19.2 Å². The zero-order valence-corrected chi connectivity index (χ0v) is 12.7. The lowest BCUT2D eigenvalue weighted by Crippen LogP contribution is -1.97. The van der Waals surface area contributed by atoms with E-state index < -0.39 is 0 Å². The van der Waals surface area contributed by atoms with Crippen molar-refractivity contribution in [2.45, 2.75) is 39.5 Å². The van der Waals surface area contributed by atoms with Gasteiger partial charge in [0.25, 0.3) is 0 Å². The van der Waals surface area contributed by atoms with Gasteiger partial charge in [0, 0.05) is 7.05 Å². The second-order valence-electron chi connectivity index (χ2n) is 5.37. The largest absolute Gasteiger partial charge is 0.437 e. The van der Waals surface area contributed by atoms with Crippen LogP contribution in [-0.4, -0.2) is 9.78 Å². The van der Waals surface area contributed by atoms with Crippen LogP contribution in [0.1, 0.15) is 44.4 Å². The van der Waals surface area contributed by atoms with Crippen LogP contribution in [0, 0.1) is 0 Å². The molecule has 0 aliphatic rings. The first-order valence-electron chi connectivity index (χ1n) is 7.12. The van der Waals surface area contributed by atoms with Crippen molar-refractivity contribution >= 4 is 5.69 Å². The lowest BCUT2D eigenvalue weighted by Gasteiger charge is -2.10. The van der Waals surface area contributed by atoms with Crippen LogP contribution in [0.2, 0.25) is 0 Å². The van der Waals surface area contributed by atoms with E-state index in [-0.39, 0.29) is 0 Å². The maximum atomic E-state index is 6.13. The van der Waals surface area contributed by atoms with E-state index in [9.17, 15) is 0 Å². The van der Waals surface area contributed by atoms with E-state index in [0.717, 1.165) is 24.3 Å². The molecule has 1 aromatic heterocycles. The van der Waals surface area contributed by atoms with Crippen LogP contribution in [0.3, 0.4) is 0 Å². The molecule has 4 nitrogen and oxygen atoms in total. The van der Waals surface area contributed by atoms with Gasteiger partial charge in [-0.2, -0.15) is 5.10 Å². The zero-order valence-electron chi connectivity index (χ0n) is 12.7. The van der Waals surface area contributed by atoms with Gasteiger partial charge in [-0.05, 0) is 30.0 Å². The normalized spacial score (nSPS) is 11.1. The van der Waals surface area contributed by atoms with Gasteiger partial charge in [0.05, 0.1) is 5.69 Å². The Hall–Kier alpha value is -1.97. The molecule has 0 unspecified atom stereocenters. The van der Waals surface area contributed by atoms with Crippen LogP contribution < -0.4 is 10.5 Å². The zero-order chi connectivity index (χ0) is 14.7. The Morgan fingerprint density at radius 3 is 2.75 bits per heavy atom. The number of nitrogen functional groups attached to an aromatic ring is 1. The van der Waals surface area contributed by atoms with Crippen molar-refractivity contribution < 1.29 is 4.74 Å². The molecular formula is C16H23N3O. The summed E-state index contributed by atoms with van der Waals surface area (Å²) in [5.74, 6) is 1.89. The summed E-state index contributed by atoms with van der Waals surface area (Å²) in [6.45, 7) is 6.44. The number of aryl methyl sites for hydroxylation is 2. The SMILES string of the molecule is CCCc1nn(C)c(Oc2cccc(C(C)C)c2)c1N. The minimum atomic E-state index is 0.470. The standard InChI is InChI=1S/C16H23N3O/c1-5-7-14-15(17)16(19(4)18-14)20-13-9-6-8-12(10-13)11(2)3/h6,8-11H,5,7,17H2,1-4H3. The van der Waals surface area contributed by atoms with Gasteiger partial charge in [0.15, 0.2) is 0 Å². The summed E-state index contributed by atoms with van der Waals surface area (Å²) in [6.07, 6.45) is 1.89. The summed E-state index contributed by atoms with van der Waals surface area (Å²) in [6, 6.07) is 8.10. The molecule has 0 bridgehead atoms. The molecule has 4 heteroatoms. The van der Waals surface area contributed by atoms with E-state index in [0.29, 0.717) is 17.5 Å². The first-order valence-corrected chi connectivity index (χ1v) is 7.12. The van der Waals surface area contributed by atoms with E-state index >= 15 is 0 Å². The average molecular weight is 273 g/mol. The highest BCUT2D eigenvalue weighted by Crippen LogP contribution is 2.31. The van der Waals surface area contributed by atoms with Crippen molar-refractivity contribution in [3.05, 3.63) is 35.5 Å². The minimum absolute atomic E-state index is 0.470. The molecule has 0 atom stereocenters. The predicted octanol–water partition coefficient (Wildman–Crippen LogP) is 3.87. The third-order valence-electron chi connectivity index (χ3n) is 3.33. The smallest absolute Gasteiger partial charge is 0.241 e. The van der Waals surface area contributed by atoms with E-state index in [2.05, 4.69) is 38.0 Å². The van der Waals surface area contributed by atoms with Gasteiger partial charge < -0.3 is 10.5 Å². The second-order valence-corrected chi connectivity index (χ2v) is 5.37. The van der Waals surface area contributed by atoms with Gasteiger partial charge >= 0.3 is 0 Å². The van der Waals surface area contributed by atoms with Gasteiger partial charge in [-0.3, -0.25) is 0 Å². The molecule has 0 saturated carbocycles. The van der Waals surface area contributed by atoms with Gasteiger partial charge in [-0.1, -0.05) is 39.3 Å². The molecule has 1 heterocycles. The van der Waals surface area contributed by atoms with Gasteiger partial charge in [0.1, 0.15) is 11.4 Å². The second kappa shape index (κ2) is 5.99. The Labute approximate surface area is 120 Å². The molecular weight excluding hydrogens is 250 g/mol. The summed E-state index contributed by atoms with van der Waals surface area (Å²) in [5, 5.41) is 4.42. The summed E-state index contributed by atoms with van der Waals surface area (Å²) in [4.78, 5) is 0. The molecule has 2 N–H and O–H groups in total. The fourth-order valence-electron chi connectivity index (χ4n) is 2.17. The number of hydrogen-bond acceptors (Lipinski definition) is 3. The van der Waals surface area contributed by atoms with Crippen molar-refractivity contribution in [3.63, 3.8) is 0 Å². The minimum Gasteiger partial charge on any atom is -0.437 e. The van der Waals surface area contributed by atoms with Crippen molar-refractivity contribution in [3.8, 4) is 11.6 Å². The maximum Gasteiger partial charge on any atom is 0.241 e. The molecule has 0 spiro atoms. The highest BCUT2D eigenvalue weighted by molar-refractivity contribution is 5.54. The third-order valence-corrected chi connectivity index (χ3v) is 3.33. The molecule has 2 aromatic rings. The predicted molar refractivity (Wildman–Crippen MR) is 82.2 cm³/mol. The number of nitrogens with two attached hydrogens (primary N) is 1. The summed E-state index contributed by atoms with van der Waals surface area (Å²) in [5.41, 5.74) is 8.93. The first kappa shape index (κ1) is 14.4. The quantitative estimate of drug-likeness (QED) is 0.899. The van der Waals surface area contributed by atoms with Crippen LogP contribution in [-0.2, 0) is 13.5 Å². The van der Waals surface area contributed by atoms with Crippen LogP contribution in [0.5, 0.6) is 11.6 Å². The number of hydrogen-bond donors (Lipinski definition) is 1. The number of benzene rings is 1. The molecule has 0 fully saturated rings. The van der Waals surface area contributed by atoms with Crippen LogP contribution in [0.4, 0.5) is 5.69 Å². The van der Waals surface area contributed by atoms with Gasteiger partial charge in [-0.25, -0.2) is 4.68 Å². The number of aromatic nitrogens is 2. The molecule has 0 aliphatic heterocycles. The number of nitrogens with zero attached hydrogens (tertiary/aromatic N) is 2. The Morgan fingerprint density at radius 2 is 2.10 bits per heavy atom. The maximum absolute atomic E-state index is 6.13. The third kappa shape index (κ3) is 2.95. The molecule has 0 amide bonds. The molecule has 0 radical (unpaired) electrons. The molecule has 2 rings (SSSR count). The fourth-order valence-corrected chi connectivity index (χ4v) is 2.17. The first-order chi connectivity index (χ1) is 9.52. The van der Waals surface area contributed by atoms with E-state index in [1.165, 1.54) is 5.56 Å². The monoisotopic (exact) mass is 273 g/mol. The number of anilines is 1. The molecule has 1 aromatic carbocycles. The average Bonchev–Trinajstić information content (AvgIpc) is 2.67. The Balaban J connectivity index is 2.28. The number of rotatable bonds is 5. The Bertz CT molecular complexity index is 587. The topological polar surface area (TPSA) is 53.1 Å². The lowest BCUT2D eigenvalue weighted by atomic mass is 10.0. The summed E-state index contributed by atoms with van der Waals surface area (Å²) in [7, 11) is 1.86. The highest BCUT2D eigenvalue weighted by Gasteiger charge is 2.15. The van der Waals surface area contributed by atoms with Crippen molar-refractivity contribution in [2.24, 2.45) is 7.05 Å². The Morgan fingerprint density at radius 1 is 1.35 bits per heavy atom. The molecule has 0 saturated heterocycles. The summed E-state index contributed by atoms with van der Waals surface area (Å²) >= 11 is 0. The van der Waals surface area contributed by atoms with Gasteiger partial charge in [0.2, 0.25) is 5.88 Å². The van der Waals surface area contributed by atoms with Crippen molar-refractivity contribution in [2.75, 3.05) is 5.73 Å². The summed E-state index contributed by atoms with van der Waals surface area (Å²) < 4.78 is 7.64. The van der Waals surface area contributed by atoms with Crippen molar-refractivity contribution in [1.29, 1.82) is 0 Å². The molecule has 0 aliphatic carbocycles.